The van der Waals surface area contributed by atoms with Gasteiger partial charge in [-0.15, -0.1) is 0 Å². The minimum Gasteiger partial charge on any atom is -0.294 e. The topological polar surface area (TPSA) is 34.9 Å². The van der Waals surface area contributed by atoms with Crippen LogP contribution in [0.1, 0.15) is 21.6 Å². The number of carbonyl (C=O) groups excluding carboxylic acids is 1. The second-order valence-corrected chi connectivity index (χ2v) is 5.04. The van der Waals surface area contributed by atoms with Gasteiger partial charge in [-0.3, -0.25) is 9.48 Å². The van der Waals surface area contributed by atoms with E-state index >= 15 is 0 Å². The summed E-state index contributed by atoms with van der Waals surface area (Å²) in [4.78, 5) is 12.1. The van der Waals surface area contributed by atoms with E-state index in [1.807, 2.05) is 0 Å². The molecule has 0 amide bonds. The molecule has 3 nitrogen and oxygen atoms in total. The average molecular weight is 329 g/mol. The Hall–Kier alpha value is -1.56. The van der Waals surface area contributed by atoms with Crippen molar-refractivity contribution in [3.8, 4) is 0 Å². The molecule has 100 valence electrons. The van der Waals surface area contributed by atoms with E-state index in [2.05, 4.69) is 21.0 Å². The van der Waals surface area contributed by atoms with Crippen LogP contribution in [0.2, 0.25) is 0 Å². The maximum atomic E-state index is 13.8. The van der Waals surface area contributed by atoms with Crippen molar-refractivity contribution in [3.05, 3.63) is 51.3 Å². The van der Waals surface area contributed by atoms with Crippen LogP contribution in [0.15, 0.2) is 22.8 Å². The van der Waals surface area contributed by atoms with E-state index in [4.69, 9.17) is 0 Å². The highest BCUT2D eigenvalue weighted by Crippen LogP contribution is 2.23. The lowest BCUT2D eigenvalue weighted by Gasteiger charge is -2.06. The monoisotopic (exact) mass is 328 g/mol. The minimum absolute atomic E-state index is 0.139. The third kappa shape index (κ3) is 2.58. The van der Waals surface area contributed by atoms with Gasteiger partial charge in [0.2, 0.25) is 0 Å². The van der Waals surface area contributed by atoms with Gasteiger partial charge in [0, 0.05) is 24.7 Å². The van der Waals surface area contributed by atoms with Crippen LogP contribution in [-0.4, -0.2) is 15.6 Å². The molecule has 0 atom stereocenters. The lowest BCUT2D eigenvalue weighted by atomic mass is 10.0. The third-order valence-electron chi connectivity index (χ3n) is 3.01. The number of benzene rings is 1. The van der Waals surface area contributed by atoms with Crippen LogP contribution in [-0.2, 0) is 13.5 Å². The molecule has 6 heteroatoms. The van der Waals surface area contributed by atoms with E-state index in [9.17, 15) is 13.6 Å². The molecule has 0 bridgehead atoms. The highest BCUT2D eigenvalue weighted by molar-refractivity contribution is 9.10. The highest BCUT2D eigenvalue weighted by Gasteiger charge is 2.19. The SMILES string of the molecule is Cc1c(C(=O)Cc2c(F)ccc(Br)c2F)cnn1C. The number of rotatable bonds is 3. The zero-order valence-electron chi connectivity index (χ0n) is 10.4. The number of hydrogen-bond donors (Lipinski definition) is 0. The maximum absolute atomic E-state index is 13.8. The van der Waals surface area contributed by atoms with Crippen molar-refractivity contribution in [1.29, 1.82) is 0 Å². The van der Waals surface area contributed by atoms with Crippen LogP contribution >= 0.6 is 15.9 Å². The number of hydrogen-bond acceptors (Lipinski definition) is 2. The normalized spacial score (nSPS) is 10.8. The zero-order chi connectivity index (χ0) is 14.2. The summed E-state index contributed by atoms with van der Waals surface area (Å²) in [5, 5.41) is 3.94. The Morgan fingerprint density at radius 2 is 2.11 bits per heavy atom. The van der Waals surface area contributed by atoms with Gasteiger partial charge in [-0.25, -0.2) is 8.78 Å². The standard InChI is InChI=1S/C13H11BrF2N2O/c1-7-9(6-17-18(7)2)12(19)5-8-11(15)4-3-10(14)13(8)16/h3-4,6H,5H2,1-2H3. The van der Waals surface area contributed by atoms with E-state index in [1.165, 1.54) is 12.3 Å². The van der Waals surface area contributed by atoms with Gasteiger partial charge < -0.3 is 0 Å². The molecule has 2 rings (SSSR count). The Morgan fingerprint density at radius 3 is 2.68 bits per heavy atom. The van der Waals surface area contributed by atoms with Crippen molar-refractivity contribution >= 4 is 21.7 Å². The fourth-order valence-corrected chi connectivity index (χ4v) is 2.13. The number of nitrogens with zero attached hydrogens (tertiary/aromatic N) is 2. The molecule has 0 saturated heterocycles. The number of ketones is 1. The Morgan fingerprint density at radius 1 is 1.42 bits per heavy atom. The van der Waals surface area contributed by atoms with Crippen LogP contribution in [0.3, 0.4) is 0 Å². The van der Waals surface area contributed by atoms with Gasteiger partial charge in [0.1, 0.15) is 11.6 Å². The number of aromatic nitrogens is 2. The molecule has 1 heterocycles. The van der Waals surface area contributed by atoms with Gasteiger partial charge in [-0.2, -0.15) is 5.10 Å². The third-order valence-corrected chi connectivity index (χ3v) is 3.62. The fraction of sp³-hybridized carbons (Fsp3) is 0.231. The maximum Gasteiger partial charge on any atom is 0.170 e. The van der Waals surface area contributed by atoms with Crippen molar-refractivity contribution < 1.29 is 13.6 Å². The predicted octanol–water partition coefficient (Wildman–Crippen LogP) is 3.19. The second-order valence-electron chi connectivity index (χ2n) is 4.19. The fourth-order valence-electron chi connectivity index (χ4n) is 1.76. The van der Waals surface area contributed by atoms with Gasteiger partial charge in [-0.05, 0) is 35.0 Å². The van der Waals surface area contributed by atoms with E-state index in [1.54, 1.807) is 18.7 Å². The van der Waals surface area contributed by atoms with Gasteiger partial charge >= 0.3 is 0 Å². The molecule has 1 aromatic carbocycles. The van der Waals surface area contributed by atoms with Crippen LogP contribution < -0.4 is 0 Å². The number of aryl methyl sites for hydroxylation is 1. The van der Waals surface area contributed by atoms with Crippen molar-refractivity contribution in [2.75, 3.05) is 0 Å². The molecule has 0 aliphatic carbocycles. The molecule has 2 aromatic rings. The molecular weight excluding hydrogens is 318 g/mol. The number of Topliss-reactive ketones (excluding diaryl/α,β-unsaturated/α-hetero) is 1. The van der Waals surface area contributed by atoms with E-state index in [-0.39, 0.29) is 22.2 Å². The molecule has 0 saturated carbocycles. The van der Waals surface area contributed by atoms with Crippen LogP contribution in [0, 0.1) is 18.6 Å². The first-order valence-corrected chi connectivity index (χ1v) is 6.35. The summed E-state index contributed by atoms with van der Waals surface area (Å²) in [6, 6.07) is 2.40. The van der Waals surface area contributed by atoms with E-state index in [0.29, 0.717) is 11.3 Å². The molecule has 19 heavy (non-hydrogen) atoms. The summed E-state index contributed by atoms with van der Waals surface area (Å²) in [5.74, 6) is -1.83. The number of carbonyl (C=O) groups is 1. The minimum atomic E-state index is -0.741. The number of halogens is 3. The molecule has 0 fully saturated rings. The van der Waals surface area contributed by atoms with Crippen molar-refractivity contribution in [2.24, 2.45) is 7.05 Å². The summed E-state index contributed by atoms with van der Waals surface area (Å²) in [5.41, 5.74) is 0.810. The first-order chi connectivity index (χ1) is 8.91. The quantitative estimate of drug-likeness (QED) is 0.640. The summed E-state index contributed by atoms with van der Waals surface area (Å²) in [7, 11) is 1.70. The summed E-state index contributed by atoms with van der Waals surface area (Å²) in [6.45, 7) is 1.73. The summed E-state index contributed by atoms with van der Waals surface area (Å²) in [6.07, 6.45) is 1.08. The average Bonchev–Trinajstić information content (AvgIpc) is 2.70. The molecule has 0 radical (unpaired) electrons. The van der Waals surface area contributed by atoms with Crippen LogP contribution in [0.25, 0.3) is 0 Å². The first kappa shape index (κ1) is 13.9. The largest absolute Gasteiger partial charge is 0.294 e. The lowest BCUT2D eigenvalue weighted by molar-refractivity contribution is 0.0990. The molecule has 0 N–H and O–H groups in total. The predicted molar refractivity (Wildman–Crippen MR) is 70.0 cm³/mol. The van der Waals surface area contributed by atoms with E-state index < -0.39 is 11.6 Å². The molecule has 0 aliphatic rings. The van der Waals surface area contributed by atoms with Gasteiger partial charge in [0.15, 0.2) is 5.78 Å². The summed E-state index contributed by atoms with van der Waals surface area (Å²) >= 11 is 2.98. The smallest absolute Gasteiger partial charge is 0.170 e. The van der Waals surface area contributed by atoms with Crippen molar-refractivity contribution in [3.63, 3.8) is 0 Å². The van der Waals surface area contributed by atoms with Crippen LogP contribution in [0.5, 0.6) is 0 Å². The highest BCUT2D eigenvalue weighted by atomic mass is 79.9. The van der Waals surface area contributed by atoms with Crippen molar-refractivity contribution in [1.82, 2.24) is 9.78 Å². The van der Waals surface area contributed by atoms with Gasteiger partial charge in [-0.1, -0.05) is 0 Å². The molecule has 0 spiro atoms. The molecule has 0 unspecified atom stereocenters. The molecule has 1 aromatic heterocycles. The molecular formula is C13H11BrF2N2O. The van der Waals surface area contributed by atoms with E-state index in [0.717, 1.165) is 6.07 Å². The second kappa shape index (κ2) is 5.21. The lowest BCUT2D eigenvalue weighted by Crippen LogP contribution is -2.09. The Balaban J connectivity index is 2.35. The zero-order valence-corrected chi connectivity index (χ0v) is 12.0. The van der Waals surface area contributed by atoms with Crippen LogP contribution in [0.4, 0.5) is 8.78 Å². The Bertz CT molecular complexity index is 652. The van der Waals surface area contributed by atoms with Gasteiger partial charge in [0.25, 0.3) is 0 Å². The Labute approximate surface area is 117 Å². The van der Waals surface area contributed by atoms with Gasteiger partial charge in [0.05, 0.1) is 16.2 Å². The van der Waals surface area contributed by atoms with Crippen molar-refractivity contribution in [2.45, 2.75) is 13.3 Å². The summed E-state index contributed by atoms with van der Waals surface area (Å²) < 4.78 is 29.0. The Kier molecular flexibility index (Phi) is 3.80. The molecule has 0 aliphatic heterocycles. The first-order valence-electron chi connectivity index (χ1n) is 5.56.